The fourth-order valence-corrected chi connectivity index (χ4v) is 1.01. The molecule has 0 aromatic carbocycles. The summed E-state index contributed by atoms with van der Waals surface area (Å²) in [4.78, 5) is 11.0. The minimum atomic E-state index is -0.944. The van der Waals surface area contributed by atoms with Gasteiger partial charge in [0.1, 0.15) is 6.10 Å². The van der Waals surface area contributed by atoms with Crippen LogP contribution in [0.4, 0.5) is 0 Å². The number of aromatic nitrogens is 1. The maximum atomic E-state index is 11.0. The highest BCUT2D eigenvalue weighted by Crippen LogP contribution is 1.98. The summed E-state index contributed by atoms with van der Waals surface area (Å²) in [7, 11) is 1.91. The molecule has 0 saturated carbocycles. The van der Waals surface area contributed by atoms with Gasteiger partial charge in [-0.25, -0.2) is 0 Å². The molecule has 0 aliphatic heterocycles. The third-order valence-electron chi connectivity index (χ3n) is 1.87. The first-order valence-corrected chi connectivity index (χ1v) is 4.17. The first kappa shape index (κ1) is 9.80. The van der Waals surface area contributed by atoms with E-state index in [1.807, 2.05) is 29.9 Å². The maximum Gasteiger partial charge on any atom is 0.248 e. The van der Waals surface area contributed by atoms with Gasteiger partial charge in [0, 0.05) is 18.9 Å². The van der Waals surface area contributed by atoms with Gasteiger partial charge >= 0.3 is 0 Å². The van der Waals surface area contributed by atoms with E-state index in [4.69, 9.17) is 5.11 Å². The Kier molecular flexibility index (Phi) is 3.08. The molecule has 0 unspecified atom stereocenters. The van der Waals surface area contributed by atoms with E-state index in [1.165, 1.54) is 6.92 Å². The van der Waals surface area contributed by atoms with Crippen molar-refractivity contribution in [2.24, 2.45) is 7.05 Å². The van der Waals surface area contributed by atoms with Crippen LogP contribution >= 0.6 is 0 Å². The smallest absolute Gasteiger partial charge is 0.248 e. The molecule has 1 aromatic heterocycles. The Hall–Kier alpha value is -1.29. The quantitative estimate of drug-likeness (QED) is 0.692. The lowest BCUT2D eigenvalue weighted by Crippen LogP contribution is -2.32. The van der Waals surface area contributed by atoms with Crippen molar-refractivity contribution in [1.29, 1.82) is 0 Å². The minimum absolute atomic E-state index is 0.346. The number of carbonyl (C=O) groups is 1. The van der Waals surface area contributed by atoms with Crippen LogP contribution in [0.3, 0.4) is 0 Å². The fourth-order valence-electron chi connectivity index (χ4n) is 1.01. The highest BCUT2D eigenvalue weighted by molar-refractivity contribution is 5.79. The highest BCUT2D eigenvalue weighted by atomic mass is 16.3. The van der Waals surface area contributed by atoms with Crippen LogP contribution < -0.4 is 5.32 Å². The zero-order valence-corrected chi connectivity index (χ0v) is 7.82. The Bertz CT molecular complexity index is 292. The molecule has 0 spiro atoms. The predicted octanol–water partition coefficient (Wildman–Crippen LogP) is 0.0221. The van der Waals surface area contributed by atoms with Crippen LogP contribution in [0, 0.1) is 0 Å². The van der Waals surface area contributed by atoms with Crippen LogP contribution in [0.5, 0.6) is 0 Å². The number of hydrogen-bond acceptors (Lipinski definition) is 2. The summed E-state index contributed by atoms with van der Waals surface area (Å²) in [6.45, 7) is 1.90. The molecule has 1 heterocycles. The van der Waals surface area contributed by atoms with Gasteiger partial charge in [0.05, 0.1) is 6.54 Å². The van der Waals surface area contributed by atoms with E-state index < -0.39 is 6.10 Å². The summed E-state index contributed by atoms with van der Waals surface area (Å²) in [5, 5.41) is 11.5. The number of hydrogen-bond donors (Lipinski definition) is 2. The van der Waals surface area contributed by atoms with Crippen LogP contribution in [0.1, 0.15) is 12.6 Å². The van der Waals surface area contributed by atoms with Crippen LogP contribution in [-0.4, -0.2) is 21.7 Å². The molecule has 0 aliphatic rings. The van der Waals surface area contributed by atoms with Gasteiger partial charge in [0.15, 0.2) is 0 Å². The molecule has 4 nitrogen and oxygen atoms in total. The SMILES string of the molecule is C[C@@H](O)C(=O)NCc1cccn1C. The molecule has 72 valence electrons. The highest BCUT2D eigenvalue weighted by Gasteiger charge is 2.07. The van der Waals surface area contributed by atoms with Crippen molar-refractivity contribution >= 4 is 5.91 Å². The van der Waals surface area contributed by atoms with Crippen molar-refractivity contribution in [3.05, 3.63) is 24.0 Å². The van der Waals surface area contributed by atoms with Gasteiger partial charge in [-0.1, -0.05) is 0 Å². The molecule has 13 heavy (non-hydrogen) atoms. The van der Waals surface area contributed by atoms with Gasteiger partial charge in [0.25, 0.3) is 0 Å². The molecule has 0 bridgehead atoms. The lowest BCUT2D eigenvalue weighted by Gasteiger charge is -2.07. The molecular formula is C9H14N2O2. The topological polar surface area (TPSA) is 54.3 Å². The molecule has 2 N–H and O–H groups in total. The van der Waals surface area contributed by atoms with E-state index in [2.05, 4.69) is 5.32 Å². The van der Waals surface area contributed by atoms with Crippen LogP contribution in [-0.2, 0) is 18.4 Å². The van der Waals surface area contributed by atoms with E-state index in [0.717, 1.165) is 5.69 Å². The molecule has 0 radical (unpaired) electrons. The normalized spacial score (nSPS) is 12.5. The largest absolute Gasteiger partial charge is 0.384 e. The van der Waals surface area contributed by atoms with Gasteiger partial charge in [-0.3, -0.25) is 4.79 Å². The monoisotopic (exact) mass is 182 g/mol. The molecule has 0 fully saturated rings. The lowest BCUT2D eigenvalue weighted by atomic mass is 10.3. The first-order chi connectivity index (χ1) is 6.11. The molecule has 1 amide bonds. The molecule has 4 heteroatoms. The average Bonchev–Trinajstić information content (AvgIpc) is 2.47. The van der Waals surface area contributed by atoms with E-state index >= 15 is 0 Å². The Morgan fingerprint density at radius 2 is 2.46 bits per heavy atom. The van der Waals surface area contributed by atoms with Crippen LogP contribution in [0.25, 0.3) is 0 Å². The number of nitrogens with zero attached hydrogens (tertiary/aromatic N) is 1. The van der Waals surface area contributed by atoms with Crippen molar-refractivity contribution < 1.29 is 9.90 Å². The van der Waals surface area contributed by atoms with Gasteiger partial charge in [-0.2, -0.15) is 0 Å². The van der Waals surface area contributed by atoms with Crippen LogP contribution in [0.15, 0.2) is 18.3 Å². The molecule has 0 aliphatic carbocycles. The summed E-state index contributed by atoms with van der Waals surface area (Å²) in [5.41, 5.74) is 1.01. The summed E-state index contributed by atoms with van der Waals surface area (Å²) in [5.74, 6) is -0.346. The van der Waals surface area contributed by atoms with E-state index in [-0.39, 0.29) is 5.91 Å². The Morgan fingerprint density at radius 1 is 1.77 bits per heavy atom. The predicted molar refractivity (Wildman–Crippen MR) is 48.9 cm³/mol. The Labute approximate surface area is 77.2 Å². The molecule has 0 saturated heterocycles. The molecular weight excluding hydrogens is 168 g/mol. The number of nitrogens with one attached hydrogen (secondary N) is 1. The third kappa shape index (κ3) is 2.59. The zero-order valence-electron chi connectivity index (χ0n) is 7.82. The fraction of sp³-hybridized carbons (Fsp3) is 0.444. The molecule has 1 aromatic rings. The van der Waals surface area contributed by atoms with Gasteiger partial charge in [-0.15, -0.1) is 0 Å². The minimum Gasteiger partial charge on any atom is -0.384 e. The number of aryl methyl sites for hydroxylation is 1. The van der Waals surface area contributed by atoms with Gasteiger partial charge in [0.2, 0.25) is 5.91 Å². The molecule has 1 atom stereocenters. The number of amides is 1. The van der Waals surface area contributed by atoms with E-state index in [0.29, 0.717) is 6.54 Å². The Morgan fingerprint density at radius 3 is 2.92 bits per heavy atom. The van der Waals surface area contributed by atoms with E-state index in [9.17, 15) is 4.79 Å². The standard InChI is InChI=1S/C9H14N2O2/c1-7(12)9(13)10-6-8-4-3-5-11(8)2/h3-5,7,12H,6H2,1-2H3,(H,10,13)/t7-/m1/s1. The number of rotatable bonds is 3. The third-order valence-corrected chi connectivity index (χ3v) is 1.87. The van der Waals surface area contributed by atoms with Crippen molar-refractivity contribution in [3.63, 3.8) is 0 Å². The lowest BCUT2D eigenvalue weighted by molar-refractivity contribution is -0.128. The van der Waals surface area contributed by atoms with Crippen molar-refractivity contribution in [1.82, 2.24) is 9.88 Å². The van der Waals surface area contributed by atoms with Crippen LogP contribution in [0.2, 0.25) is 0 Å². The van der Waals surface area contributed by atoms with Crippen molar-refractivity contribution in [2.45, 2.75) is 19.6 Å². The van der Waals surface area contributed by atoms with Gasteiger partial charge < -0.3 is 15.0 Å². The summed E-state index contributed by atoms with van der Waals surface area (Å²) in [6.07, 6.45) is 0.962. The summed E-state index contributed by atoms with van der Waals surface area (Å²) in [6, 6.07) is 3.83. The second kappa shape index (κ2) is 4.09. The van der Waals surface area contributed by atoms with E-state index in [1.54, 1.807) is 0 Å². The van der Waals surface area contributed by atoms with Crippen molar-refractivity contribution in [3.8, 4) is 0 Å². The van der Waals surface area contributed by atoms with Gasteiger partial charge in [-0.05, 0) is 19.1 Å². The summed E-state index contributed by atoms with van der Waals surface area (Å²) < 4.78 is 1.92. The Balaban J connectivity index is 2.44. The number of aliphatic hydroxyl groups excluding tert-OH is 1. The maximum absolute atomic E-state index is 11.0. The zero-order chi connectivity index (χ0) is 9.84. The molecule has 1 rings (SSSR count). The van der Waals surface area contributed by atoms with Crippen molar-refractivity contribution in [2.75, 3.05) is 0 Å². The second-order valence-electron chi connectivity index (χ2n) is 3.00. The number of carbonyl (C=O) groups excluding carboxylic acids is 1. The summed E-state index contributed by atoms with van der Waals surface area (Å²) >= 11 is 0. The number of aliphatic hydroxyl groups is 1. The average molecular weight is 182 g/mol. The second-order valence-corrected chi connectivity index (χ2v) is 3.00. The first-order valence-electron chi connectivity index (χ1n) is 4.17.